The zero-order valence-corrected chi connectivity index (χ0v) is 10.3. The molecule has 6 heteroatoms. The first kappa shape index (κ1) is 11.1. The number of aromatic nitrogens is 4. The number of benzene rings is 1. The van der Waals surface area contributed by atoms with Gasteiger partial charge in [-0.2, -0.15) is 0 Å². The van der Waals surface area contributed by atoms with Crippen LogP contribution in [0.15, 0.2) is 35.0 Å². The highest BCUT2D eigenvalue weighted by atomic mass is 35.5. The molecule has 3 aromatic rings. The molecule has 0 fully saturated rings. The summed E-state index contributed by atoms with van der Waals surface area (Å²) in [5, 5.41) is 7.55. The molecule has 0 radical (unpaired) electrons. The van der Waals surface area contributed by atoms with E-state index in [1.807, 2.05) is 18.2 Å². The van der Waals surface area contributed by atoms with Gasteiger partial charge in [0.1, 0.15) is 5.38 Å². The van der Waals surface area contributed by atoms with Crippen molar-refractivity contribution in [1.29, 1.82) is 0 Å². The normalized spacial score (nSPS) is 12.8. The van der Waals surface area contributed by atoms with E-state index in [-0.39, 0.29) is 5.38 Å². The van der Waals surface area contributed by atoms with Crippen molar-refractivity contribution < 1.29 is 4.42 Å². The summed E-state index contributed by atoms with van der Waals surface area (Å²) in [7, 11) is 0. The molecular formula is C12H9ClN4O. The first-order valence-corrected chi connectivity index (χ1v) is 5.86. The van der Waals surface area contributed by atoms with Gasteiger partial charge in [0.2, 0.25) is 11.8 Å². The summed E-state index contributed by atoms with van der Waals surface area (Å²) in [6.07, 6.45) is 3.30. The van der Waals surface area contributed by atoms with Crippen molar-refractivity contribution in [2.45, 2.75) is 12.3 Å². The molecule has 1 aromatic carbocycles. The molecule has 0 aliphatic carbocycles. The molecule has 1 unspecified atom stereocenters. The molecule has 0 aliphatic heterocycles. The number of fused-ring (bicyclic) bond motifs is 1. The van der Waals surface area contributed by atoms with Gasteiger partial charge in [0.15, 0.2) is 0 Å². The first-order chi connectivity index (χ1) is 8.74. The Bertz CT molecular complexity index is 695. The van der Waals surface area contributed by atoms with Crippen LogP contribution in [-0.4, -0.2) is 20.2 Å². The third-order valence-electron chi connectivity index (χ3n) is 2.50. The van der Waals surface area contributed by atoms with E-state index in [0.717, 1.165) is 16.6 Å². The molecule has 0 N–H and O–H groups in total. The number of hydrogen-bond donors (Lipinski definition) is 0. The molecule has 0 spiro atoms. The van der Waals surface area contributed by atoms with Crippen LogP contribution in [0.2, 0.25) is 0 Å². The zero-order chi connectivity index (χ0) is 12.5. The highest BCUT2D eigenvalue weighted by Crippen LogP contribution is 2.25. The standard InChI is InChI=1S/C12H9ClN4O/c1-7(13)11-16-17-12(18-11)8-2-3-9-10(6-8)15-5-4-14-9/h2-7H,1H3. The highest BCUT2D eigenvalue weighted by molar-refractivity contribution is 6.20. The van der Waals surface area contributed by atoms with Crippen molar-refractivity contribution in [3.8, 4) is 11.5 Å². The molecule has 0 saturated carbocycles. The minimum atomic E-state index is -0.300. The zero-order valence-electron chi connectivity index (χ0n) is 9.54. The number of rotatable bonds is 2. The van der Waals surface area contributed by atoms with Crippen LogP contribution in [0.3, 0.4) is 0 Å². The van der Waals surface area contributed by atoms with Crippen LogP contribution < -0.4 is 0 Å². The Balaban J connectivity index is 2.07. The summed E-state index contributed by atoms with van der Waals surface area (Å²) < 4.78 is 5.48. The van der Waals surface area contributed by atoms with Crippen molar-refractivity contribution >= 4 is 22.6 Å². The van der Waals surface area contributed by atoms with Crippen LogP contribution in [0, 0.1) is 0 Å². The first-order valence-electron chi connectivity index (χ1n) is 5.42. The molecule has 90 valence electrons. The lowest BCUT2D eigenvalue weighted by Crippen LogP contribution is -1.84. The maximum absolute atomic E-state index is 5.88. The van der Waals surface area contributed by atoms with Gasteiger partial charge in [-0.1, -0.05) is 0 Å². The minimum Gasteiger partial charge on any atom is -0.419 e. The van der Waals surface area contributed by atoms with E-state index in [1.165, 1.54) is 0 Å². The van der Waals surface area contributed by atoms with Crippen LogP contribution in [0.25, 0.3) is 22.5 Å². The smallest absolute Gasteiger partial charge is 0.247 e. The Morgan fingerprint density at radius 3 is 2.61 bits per heavy atom. The van der Waals surface area contributed by atoms with Crippen molar-refractivity contribution in [3.63, 3.8) is 0 Å². The minimum absolute atomic E-state index is 0.300. The van der Waals surface area contributed by atoms with Gasteiger partial charge < -0.3 is 4.42 Å². The predicted octanol–water partition coefficient (Wildman–Crippen LogP) is 2.98. The van der Waals surface area contributed by atoms with Gasteiger partial charge in [-0.05, 0) is 25.1 Å². The Kier molecular flexibility index (Phi) is 2.68. The van der Waals surface area contributed by atoms with Gasteiger partial charge in [0.05, 0.1) is 11.0 Å². The molecule has 2 heterocycles. The second-order valence-electron chi connectivity index (χ2n) is 3.82. The van der Waals surface area contributed by atoms with E-state index in [0.29, 0.717) is 11.8 Å². The Labute approximate surface area is 108 Å². The number of halogens is 1. The van der Waals surface area contributed by atoms with Crippen molar-refractivity contribution in [2.24, 2.45) is 0 Å². The third kappa shape index (κ3) is 1.93. The topological polar surface area (TPSA) is 64.7 Å². The molecule has 3 rings (SSSR count). The predicted molar refractivity (Wildman–Crippen MR) is 67.1 cm³/mol. The van der Waals surface area contributed by atoms with Crippen molar-refractivity contribution in [2.75, 3.05) is 0 Å². The third-order valence-corrected chi connectivity index (χ3v) is 2.68. The van der Waals surface area contributed by atoms with E-state index >= 15 is 0 Å². The number of alkyl halides is 1. The Morgan fingerprint density at radius 2 is 1.89 bits per heavy atom. The van der Waals surface area contributed by atoms with E-state index in [2.05, 4.69) is 20.2 Å². The largest absolute Gasteiger partial charge is 0.419 e. The van der Waals surface area contributed by atoms with Gasteiger partial charge in [-0.3, -0.25) is 9.97 Å². The second-order valence-corrected chi connectivity index (χ2v) is 4.48. The Hall–Kier alpha value is -2.01. The summed E-state index contributed by atoms with van der Waals surface area (Å²) in [4.78, 5) is 8.43. The van der Waals surface area contributed by atoms with E-state index in [9.17, 15) is 0 Å². The summed E-state index contributed by atoms with van der Waals surface area (Å²) in [6, 6.07) is 5.59. The van der Waals surface area contributed by atoms with Crippen LogP contribution >= 0.6 is 11.6 Å². The molecule has 5 nitrogen and oxygen atoms in total. The van der Waals surface area contributed by atoms with Crippen LogP contribution in [0.1, 0.15) is 18.2 Å². The van der Waals surface area contributed by atoms with E-state index < -0.39 is 0 Å². The molecule has 0 amide bonds. The fourth-order valence-electron chi connectivity index (χ4n) is 1.61. The van der Waals surface area contributed by atoms with Crippen LogP contribution in [0.4, 0.5) is 0 Å². The molecular weight excluding hydrogens is 252 g/mol. The maximum Gasteiger partial charge on any atom is 0.247 e. The van der Waals surface area contributed by atoms with Crippen LogP contribution in [-0.2, 0) is 0 Å². The molecule has 0 aliphatic rings. The molecule has 0 saturated heterocycles. The number of hydrogen-bond acceptors (Lipinski definition) is 5. The average Bonchev–Trinajstić information content (AvgIpc) is 2.88. The highest BCUT2D eigenvalue weighted by Gasteiger charge is 2.13. The molecule has 2 aromatic heterocycles. The summed E-state index contributed by atoms with van der Waals surface area (Å²) in [6.45, 7) is 1.78. The van der Waals surface area contributed by atoms with E-state index in [1.54, 1.807) is 19.3 Å². The van der Waals surface area contributed by atoms with Gasteiger partial charge in [0, 0.05) is 18.0 Å². The second kappa shape index (κ2) is 4.34. The Morgan fingerprint density at radius 1 is 1.11 bits per heavy atom. The quantitative estimate of drug-likeness (QED) is 0.663. The van der Waals surface area contributed by atoms with Crippen molar-refractivity contribution in [3.05, 3.63) is 36.5 Å². The summed E-state index contributed by atoms with van der Waals surface area (Å²) >= 11 is 5.88. The lowest BCUT2D eigenvalue weighted by Gasteiger charge is -1.98. The van der Waals surface area contributed by atoms with Crippen molar-refractivity contribution in [1.82, 2.24) is 20.2 Å². The maximum atomic E-state index is 5.88. The summed E-state index contributed by atoms with van der Waals surface area (Å²) in [5.74, 6) is 0.843. The lowest BCUT2D eigenvalue weighted by molar-refractivity contribution is 0.507. The van der Waals surface area contributed by atoms with Gasteiger partial charge in [-0.15, -0.1) is 21.8 Å². The number of nitrogens with zero attached hydrogens (tertiary/aromatic N) is 4. The average molecular weight is 261 g/mol. The SMILES string of the molecule is CC(Cl)c1nnc(-c2ccc3nccnc3c2)o1. The summed E-state index contributed by atoms with van der Waals surface area (Å²) in [5.41, 5.74) is 2.42. The lowest BCUT2D eigenvalue weighted by atomic mass is 10.2. The molecule has 18 heavy (non-hydrogen) atoms. The van der Waals surface area contributed by atoms with E-state index in [4.69, 9.17) is 16.0 Å². The fraction of sp³-hybridized carbons (Fsp3) is 0.167. The van der Waals surface area contributed by atoms with Gasteiger partial charge >= 0.3 is 0 Å². The van der Waals surface area contributed by atoms with Gasteiger partial charge in [-0.25, -0.2) is 0 Å². The molecule has 1 atom stereocenters. The monoisotopic (exact) mass is 260 g/mol. The molecule has 0 bridgehead atoms. The van der Waals surface area contributed by atoms with Gasteiger partial charge in [0.25, 0.3) is 0 Å². The van der Waals surface area contributed by atoms with Crippen LogP contribution in [0.5, 0.6) is 0 Å². The fourth-order valence-corrected chi connectivity index (χ4v) is 1.70.